The molecule has 3 aromatic carbocycles. The van der Waals surface area contributed by atoms with Gasteiger partial charge in [-0.1, -0.05) is 60.7 Å². The molecule has 0 aliphatic carbocycles. The fourth-order valence-electron chi connectivity index (χ4n) is 4.20. The Balaban J connectivity index is 1.45. The van der Waals surface area contributed by atoms with Crippen LogP contribution in [0.2, 0.25) is 0 Å². The van der Waals surface area contributed by atoms with Gasteiger partial charge >= 0.3 is 0 Å². The van der Waals surface area contributed by atoms with Gasteiger partial charge in [-0.2, -0.15) is 0 Å². The Labute approximate surface area is 185 Å². The average molecular weight is 415 g/mol. The molecule has 0 aromatic heterocycles. The third-order valence-corrected chi connectivity index (χ3v) is 5.67. The molecule has 0 bridgehead atoms. The van der Waals surface area contributed by atoms with Crippen LogP contribution in [-0.4, -0.2) is 48.0 Å². The molecule has 0 unspecified atom stereocenters. The van der Waals surface area contributed by atoms with Crippen molar-refractivity contribution in [1.82, 2.24) is 9.80 Å². The predicted molar refractivity (Wildman–Crippen MR) is 124 cm³/mol. The molecule has 160 valence electrons. The zero-order valence-electron chi connectivity index (χ0n) is 18.3. The van der Waals surface area contributed by atoms with E-state index < -0.39 is 0 Å². The Hall–Kier alpha value is -3.11. The molecule has 0 saturated carbocycles. The van der Waals surface area contributed by atoms with Crippen LogP contribution >= 0.6 is 0 Å². The number of hydrogen-bond donors (Lipinski definition) is 0. The second-order valence-electron chi connectivity index (χ2n) is 8.24. The van der Waals surface area contributed by atoms with E-state index in [1.54, 1.807) is 0 Å². The average Bonchev–Trinajstić information content (AvgIpc) is 2.81. The van der Waals surface area contributed by atoms with Gasteiger partial charge in [-0.3, -0.25) is 9.69 Å². The highest BCUT2D eigenvalue weighted by atomic mass is 16.5. The largest absolute Gasteiger partial charge is 0.491 e. The zero-order valence-corrected chi connectivity index (χ0v) is 18.3. The van der Waals surface area contributed by atoms with Crippen molar-refractivity contribution >= 4 is 5.91 Å². The molecule has 31 heavy (non-hydrogen) atoms. The molecule has 1 amide bonds. The van der Waals surface area contributed by atoms with Crippen molar-refractivity contribution in [2.75, 3.05) is 26.2 Å². The Kier molecular flexibility index (Phi) is 6.68. The second kappa shape index (κ2) is 9.80. The van der Waals surface area contributed by atoms with E-state index in [4.69, 9.17) is 4.74 Å². The van der Waals surface area contributed by atoms with Crippen LogP contribution in [0.15, 0.2) is 84.9 Å². The molecule has 1 aliphatic heterocycles. The molecule has 0 spiro atoms. The van der Waals surface area contributed by atoms with Crippen molar-refractivity contribution in [1.29, 1.82) is 0 Å². The minimum atomic E-state index is 0.0896. The number of amides is 1. The summed E-state index contributed by atoms with van der Waals surface area (Å²) in [4.78, 5) is 17.5. The van der Waals surface area contributed by atoms with Crippen LogP contribution in [0.4, 0.5) is 0 Å². The van der Waals surface area contributed by atoms with E-state index in [1.807, 2.05) is 43.0 Å². The van der Waals surface area contributed by atoms with Crippen LogP contribution in [0.1, 0.15) is 41.4 Å². The van der Waals surface area contributed by atoms with Gasteiger partial charge in [0.25, 0.3) is 5.91 Å². The summed E-state index contributed by atoms with van der Waals surface area (Å²) in [6, 6.07) is 28.9. The zero-order chi connectivity index (χ0) is 21.6. The topological polar surface area (TPSA) is 32.8 Å². The maximum Gasteiger partial charge on any atom is 0.253 e. The summed E-state index contributed by atoms with van der Waals surface area (Å²) in [5.74, 6) is 0.886. The Morgan fingerprint density at radius 2 is 1.26 bits per heavy atom. The Bertz CT molecular complexity index is 924. The van der Waals surface area contributed by atoms with E-state index in [0.29, 0.717) is 5.56 Å². The number of nitrogens with zero attached hydrogens (tertiary/aromatic N) is 2. The molecule has 3 aromatic rings. The minimum Gasteiger partial charge on any atom is -0.491 e. The van der Waals surface area contributed by atoms with E-state index >= 15 is 0 Å². The molecule has 1 heterocycles. The van der Waals surface area contributed by atoms with Gasteiger partial charge < -0.3 is 9.64 Å². The third-order valence-electron chi connectivity index (χ3n) is 5.67. The Morgan fingerprint density at radius 3 is 1.74 bits per heavy atom. The number of hydrogen-bond acceptors (Lipinski definition) is 3. The molecule has 1 fully saturated rings. The summed E-state index contributed by atoms with van der Waals surface area (Å²) < 4.78 is 5.69. The lowest BCUT2D eigenvalue weighted by Gasteiger charge is -2.39. The molecule has 0 radical (unpaired) electrons. The molecule has 4 heteroatoms. The fourth-order valence-corrected chi connectivity index (χ4v) is 4.20. The lowest BCUT2D eigenvalue weighted by molar-refractivity contribution is 0.0597. The molecule has 4 rings (SSSR count). The highest BCUT2D eigenvalue weighted by Gasteiger charge is 2.28. The summed E-state index contributed by atoms with van der Waals surface area (Å²) in [7, 11) is 0. The first kappa shape index (κ1) is 21.1. The summed E-state index contributed by atoms with van der Waals surface area (Å²) in [6.07, 6.45) is 0.122. The van der Waals surface area contributed by atoms with Crippen molar-refractivity contribution in [3.63, 3.8) is 0 Å². The smallest absolute Gasteiger partial charge is 0.253 e. The summed E-state index contributed by atoms with van der Waals surface area (Å²) in [6.45, 7) is 7.12. The fraction of sp³-hybridized carbons (Fsp3) is 0.296. The maximum absolute atomic E-state index is 13.0. The maximum atomic E-state index is 13.0. The van der Waals surface area contributed by atoms with Crippen LogP contribution in [-0.2, 0) is 0 Å². The lowest BCUT2D eigenvalue weighted by atomic mass is 9.96. The first-order valence-corrected chi connectivity index (χ1v) is 11.0. The molecule has 4 nitrogen and oxygen atoms in total. The molecular weight excluding hydrogens is 384 g/mol. The van der Waals surface area contributed by atoms with E-state index in [1.165, 1.54) is 11.1 Å². The van der Waals surface area contributed by atoms with E-state index in [2.05, 4.69) is 65.6 Å². The van der Waals surface area contributed by atoms with Crippen molar-refractivity contribution in [3.05, 3.63) is 102 Å². The third kappa shape index (κ3) is 5.15. The van der Waals surface area contributed by atoms with Crippen LogP contribution in [0.25, 0.3) is 0 Å². The summed E-state index contributed by atoms with van der Waals surface area (Å²) in [5, 5.41) is 0. The molecule has 1 aliphatic rings. The van der Waals surface area contributed by atoms with Crippen LogP contribution in [0.5, 0.6) is 5.75 Å². The van der Waals surface area contributed by atoms with Gasteiger partial charge in [0.15, 0.2) is 0 Å². The van der Waals surface area contributed by atoms with Gasteiger partial charge in [0.1, 0.15) is 5.75 Å². The van der Waals surface area contributed by atoms with Gasteiger partial charge in [-0.05, 0) is 49.2 Å². The first-order valence-electron chi connectivity index (χ1n) is 11.0. The highest BCUT2D eigenvalue weighted by molar-refractivity contribution is 5.94. The predicted octanol–water partition coefficient (Wildman–Crippen LogP) is 5.02. The van der Waals surface area contributed by atoms with Gasteiger partial charge in [-0.25, -0.2) is 0 Å². The quantitative estimate of drug-likeness (QED) is 0.568. The van der Waals surface area contributed by atoms with Gasteiger partial charge in [0, 0.05) is 31.7 Å². The first-order chi connectivity index (χ1) is 15.1. The van der Waals surface area contributed by atoms with E-state index in [-0.39, 0.29) is 18.1 Å². The molecule has 0 N–H and O–H groups in total. The van der Waals surface area contributed by atoms with Gasteiger partial charge in [0.05, 0.1) is 12.1 Å². The number of piperazine rings is 1. The number of ether oxygens (including phenoxy) is 1. The number of carbonyl (C=O) groups excluding carboxylic acids is 1. The van der Waals surface area contributed by atoms with Gasteiger partial charge in [0.2, 0.25) is 0 Å². The molecular formula is C27H30N2O2. The van der Waals surface area contributed by atoms with Gasteiger partial charge in [-0.15, -0.1) is 0 Å². The number of benzene rings is 3. The van der Waals surface area contributed by atoms with E-state index in [9.17, 15) is 4.79 Å². The number of carbonyl (C=O) groups is 1. The molecule has 1 saturated heterocycles. The second-order valence-corrected chi connectivity index (χ2v) is 8.24. The van der Waals surface area contributed by atoms with Crippen molar-refractivity contribution in [3.8, 4) is 5.75 Å². The minimum absolute atomic E-state index is 0.0896. The van der Waals surface area contributed by atoms with Crippen LogP contribution in [0.3, 0.4) is 0 Å². The Morgan fingerprint density at radius 1 is 0.742 bits per heavy atom. The lowest BCUT2D eigenvalue weighted by Crippen LogP contribution is -2.49. The normalized spacial score (nSPS) is 14.8. The van der Waals surface area contributed by atoms with E-state index in [0.717, 1.165) is 31.9 Å². The van der Waals surface area contributed by atoms with Crippen LogP contribution < -0.4 is 4.74 Å². The SMILES string of the molecule is CC(C)Oc1ccc(C(=O)N2CCN(C(c3ccccc3)c3ccccc3)CC2)cc1. The molecule has 0 atom stereocenters. The van der Waals surface area contributed by atoms with Crippen molar-refractivity contribution in [2.24, 2.45) is 0 Å². The highest BCUT2D eigenvalue weighted by Crippen LogP contribution is 2.29. The van der Waals surface area contributed by atoms with Crippen molar-refractivity contribution in [2.45, 2.75) is 26.0 Å². The summed E-state index contributed by atoms with van der Waals surface area (Å²) >= 11 is 0. The van der Waals surface area contributed by atoms with Crippen LogP contribution in [0, 0.1) is 0 Å². The summed E-state index contributed by atoms with van der Waals surface area (Å²) in [5.41, 5.74) is 3.29. The van der Waals surface area contributed by atoms with Crippen molar-refractivity contribution < 1.29 is 9.53 Å². The monoisotopic (exact) mass is 414 g/mol. The number of rotatable bonds is 6. The standard InChI is InChI=1S/C27H30N2O2/c1-21(2)31-25-15-13-24(14-16-25)27(30)29-19-17-28(18-20-29)26(22-9-5-3-6-10-22)23-11-7-4-8-12-23/h3-16,21,26H,17-20H2,1-2H3.